The first kappa shape index (κ1) is 13.4. The maximum atomic E-state index is 13.2. The van der Waals surface area contributed by atoms with Crippen molar-refractivity contribution < 1.29 is 13.6 Å². The molecule has 0 aliphatic heterocycles. The van der Waals surface area contributed by atoms with E-state index in [1.807, 2.05) is 6.92 Å². The first-order valence-corrected chi connectivity index (χ1v) is 6.38. The van der Waals surface area contributed by atoms with Gasteiger partial charge in [-0.2, -0.15) is 13.1 Å². The van der Waals surface area contributed by atoms with Gasteiger partial charge in [0.1, 0.15) is 0 Å². The third-order valence-corrected chi connectivity index (χ3v) is 4.20. The lowest BCUT2D eigenvalue weighted by atomic mass is 10.2. The molecule has 0 bridgehead atoms. The van der Waals surface area contributed by atoms with Crippen molar-refractivity contribution in [1.82, 2.24) is 0 Å². The standard InChI is InChI=1S/C10H10BrF2NOS/c1-7-3-5-9(6-4-7)16(10(11,12)13)14-8(2)15/h3-6H,1-2H3. The lowest BCUT2D eigenvalue weighted by Crippen LogP contribution is -2.15. The zero-order chi connectivity index (χ0) is 12.3. The van der Waals surface area contributed by atoms with Crippen LogP contribution in [-0.4, -0.2) is 10.1 Å². The van der Waals surface area contributed by atoms with Crippen molar-refractivity contribution in [1.29, 1.82) is 0 Å². The van der Waals surface area contributed by atoms with Crippen LogP contribution in [0.4, 0.5) is 8.78 Å². The van der Waals surface area contributed by atoms with Crippen molar-refractivity contribution in [2.45, 2.75) is 22.9 Å². The van der Waals surface area contributed by atoms with Crippen molar-refractivity contribution in [3.8, 4) is 0 Å². The normalized spacial score (nSPS) is 13.8. The number of halogens is 3. The summed E-state index contributed by atoms with van der Waals surface area (Å²) in [6.45, 7) is 3.02. The molecule has 0 spiro atoms. The monoisotopic (exact) mass is 309 g/mol. The molecule has 88 valence electrons. The van der Waals surface area contributed by atoms with Crippen LogP contribution in [0.15, 0.2) is 33.5 Å². The molecule has 0 fully saturated rings. The van der Waals surface area contributed by atoms with Gasteiger partial charge >= 0.3 is 4.16 Å². The Bertz CT molecular complexity index is 425. The van der Waals surface area contributed by atoms with Gasteiger partial charge in [-0.3, -0.25) is 4.79 Å². The Balaban J connectivity index is 3.23. The Kier molecular flexibility index (Phi) is 4.32. The summed E-state index contributed by atoms with van der Waals surface area (Å²) in [7, 11) is -1.78. The lowest BCUT2D eigenvalue weighted by molar-refractivity contribution is -0.115. The molecule has 0 aliphatic carbocycles. The lowest BCUT2D eigenvalue weighted by Gasteiger charge is -2.13. The van der Waals surface area contributed by atoms with Gasteiger partial charge in [0.25, 0.3) is 0 Å². The fourth-order valence-electron chi connectivity index (χ4n) is 1.03. The van der Waals surface area contributed by atoms with E-state index in [-0.39, 0.29) is 0 Å². The minimum atomic E-state index is -3.20. The van der Waals surface area contributed by atoms with E-state index >= 15 is 0 Å². The van der Waals surface area contributed by atoms with Gasteiger partial charge in [-0.15, -0.1) is 0 Å². The topological polar surface area (TPSA) is 29.4 Å². The molecule has 0 saturated carbocycles. The smallest absolute Gasteiger partial charge is 0.272 e. The summed E-state index contributed by atoms with van der Waals surface area (Å²) in [6.07, 6.45) is 0. The predicted molar refractivity (Wildman–Crippen MR) is 63.8 cm³/mol. The first-order chi connectivity index (χ1) is 7.30. The molecule has 1 atom stereocenters. The number of amides is 1. The van der Waals surface area contributed by atoms with Crippen LogP contribution in [0.25, 0.3) is 0 Å². The van der Waals surface area contributed by atoms with E-state index in [1.54, 1.807) is 24.3 Å². The highest BCUT2D eigenvalue weighted by Crippen LogP contribution is 2.33. The molecule has 0 N–H and O–H groups in total. The van der Waals surface area contributed by atoms with Gasteiger partial charge in [0.05, 0.1) is 0 Å². The highest BCUT2D eigenvalue weighted by molar-refractivity contribution is 9.11. The van der Waals surface area contributed by atoms with Crippen LogP contribution in [0.3, 0.4) is 0 Å². The largest absolute Gasteiger partial charge is 0.363 e. The molecule has 1 aromatic carbocycles. The van der Waals surface area contributed by atoms with E-state index < -0.39 is 20.8 Å². The summed E-state index contributed by atoms with van der Waals surface area (Å²) in [5.41, 5.74) is 0.966. The highest BCUT2D eigenvalue weighted by Gasteiger charge is 2.32. The van der Waals surface area contributed by atoms with E-state index in [4.69, 9.17) is 0 Å². The van der Waals surface area contributed by atoms with Gasteiger partial charge in [0, 0.05) is 38.4 Å². The number of hydrogen-bond acceptors (Lipinski definition) is 1. The molecule has 1 unspecified atom stereocenters. The number of aryl methyl sites for hydroxylation is 1. The molecule has 1 aromatic rings. The molecule has 0 heterocycles. The van der Waals surface area contributed by atoms with Crippen molar-refractivity contribution in [2.24, 2.45) is 4.36 Å². The Morgan fingerprint density at radius 3 is 2.25 bits per heavy atom. The van der Waals surface area contributed by atoms with E-state index in [9.17, 15) is 13.6 Å². The Hall–Kier alpha value is -0.620. The summed E-state index contributed by atoms with van der Waals surface area (Å²) in [5, 5.41) is 0. The van der Waals surface area contributed by atoms with Gasteiger partial charge in [-0.1, -0.05) is 17.7 Å². The molecule has 1 rings (SSSR count). The third kappa shape index (κ3) is 3.75. The number of rotatable bonds is 2. The SMILES string of the molecule is CC(=O)N=S(c1ccc(C)cc1)C(F)(F)Br. The zero-order valence-corrected chi connectivity index (χ0v) is 11.1. The van der Waals surface area contributed by atoms with Crippen LogP contribution in [0.5, 0.6) is 0 Å². The van der Waals surface area contributed by atoms with E-state index in [0.717, 1.165) is 12.5 Å². The summed E-state index contributed by atoms with van der Waals surface area (Å²) < 4.78 is 26.7. The highest BCUT2D eigenvalue weighted by atomic mass is 79.9. The average Bonchev–Trinajstić information content (AvgIpc) is 2.14. The van der Waals surface area contributed by atoms with Crippen molar-refractivity contribution in [3.05, 3.63) is 29.8 Å². The van der Waals surface area contributed by atoms with Gasteiger partial charge in [-0.25, -0.2) is 0 Å². The Labute approximate surface area is 103 Å². The van der Waals surface area contributed by atoms with Crippen LogP contribution in [0.1, 0.15) is 12.5 Å². The minimum Gasteiger partial charge on any atom is -0.272 e. The van der Waals surface area contributed by atoms with Crippen LogP contribution >= 0.6 is 15.9 Å². The number of nitrogens with zero attached hydrogens (tertiary/aromatic N) is 1. The maximum Gasteiger partial charge on any atom is 0.363 e. The van der Waals surface area contributed by atoms with E-state index in [0.29, 0.717) is 4.90 Å². The fourth-order valence-corrected chi connectivity index (χ4v) is 2.94. The van der Waals surface area contributed by atoms with Gasteiger partial charge in [-0.05, 0) is 19.1 Å². The third-order valence-electron chi connectivity index (χ3n) is 1.68. The fraction of sp³-hybridized carbons (Fsp3) is 0.300. The summed E-state index contributed by atoms with van der Waals surface area (Å²) in [5.74, 6) is -0.608. The van der Waals surface area contributed by atoms with E-state index in [1.165, 1.54) is 0 Å². The summed E-state index contributed by atoms with van der Waals surface area (Å²) >= 11 is 2.26. The van der Waals surface area contributed by atoms with Gasteiger partial charge in [0.2, 0.25) is 5.91 Å². The molecule has 16 heavy (non-hydrogen) atoms. The molecule has 0 aliphatic rings. The zero-order valence-electron chi connectivity index (χ0n) is 8.71. The van der Waals surface area contributed by atoms with Crippen LogP contribution in [0.2, 0.25) is 0 Å². The molecule has 6 heteroatoms. The Morgan fingerprint density at radius 1 is 1.38 bits per heavy atom. The molecular formula is C10H10BrF2NOS. The van der Waals surface area contributed by atoms with Crippen LogP contribution < -0.4 is 0 Å². The molecule has 0 saturated heterocycles. The molecule has 1 amide bonds. The van der Waals surface area contributed by atoms with Crippen molar-refractivity contribution in [3.63, 3.8) is 0 Å². The second-order valence-corrected chi connectivity index (χ2v) is 6.41. The predicted octanol–water partition coefficient (Wildman–Crippen LogP) is 3.65. The second kappa shape index (κ2) is 5.14. The second-order valence-electron chi connectivity index (χ2n) is 3.15. The molecular weight excluding hydrogens is 300 g/mol. The summed E-state index contributed by atoms with van der Waals surface area (Å²) in [4.78, 5) is 11.2. The number of carbonyl (C=O) groups excluding carboxylic acids is 1. The van der Waals surface area contributed by atoms with Gasteiger partial charge < -0.3 is 0 Å². The number of alkyl halides is 3. The quantitative estimate of drug-likeness (QED) is 0.767. The van der Waals surface area contributed by atoms with E-state index in [2.05, 4.69) is 20.3 Å². The van der Waals surface area contributed by atoms with Crippen LogP contribution in [0, 0.1) is 6.92 Å². The maximum absolute atomic E-state index is 13.2. The minimum absolute atomic E-state index is 0.336. The number of carbonyl (C=O) groups is 1. The first-order valence-electron chi connectivity index (χ1n) is 4.41. The average molecular weight is 310 g/mol. The molecule has 0 aromatic heterocycles. The number of hydrogen-bond donors (Lipinski definition) is 0. The van der Waals surface area contributed by atoms with Gasteiger partial charge in [0.15, 0.2) is 0 Å². The molecule has 2 nitrogen and oxygen atoms in total. The van der Waals surface area contributed by atoms with Crippen molar-refractivity contribution >= 4 is 32.5 Å². The van der Waals surface area contributed by atoms with Crippen LogP contribution in [-0.2, 0) is 15.5 Å². The number of benzene rings is 1. The Morgan fingerprint density at radius 2 is 1.88 bits per heavy atom. The molecule has 0 radical (unpaired) electrons. The van der Waals surface area contributed by atoms with Crippen molar-refractivity contribution in [2.75, 3.05) is 0 Å². The summed E-state index contributed by atoms with van der Waals surface area (Å²) in [6, 6.07) is 6.54.